The van der Waals surface area contributed by atoms with Crippen LogP contribution in [0.4, 0.5) is 0 Å². The van der Waals surface area contributed by atoms with E-state index in [1.54, 1.807) is 11.8 Å². The number of aromatic nitrogens is 2. The Balaban J connectivity index is 1.85. The number of hydrogen-bond acceptors (Lipinski definition) is 4. The molecular formula is C9H12ClN3S. The van der Waals surface area contributed by atoms with Crippen molar-refractivity contribution in [2.24, 2.45) is 5.92 Å². The third kappa shape index (κ3) is 2.83. The molecule has 0 aromatic carbocycles. The predicted molar refractivity (Wildman–Crippen MR) is 58.7 cm³/mol. The van der Waals surface area contributed by atoms with Gasteiger partial charge in [0.2, 0.25) is 0 Å². The molecule has 3 nitrogen and oxygen atoms in total. The highest BCUT2D eigenvalue weighted by Gasteiger charge is 2.14. The smallest absolute Gasteiger partial charge is 0.133 e. The van der Waals surface area contributed by atoms with E-state index in [1.165, 1.54) is 12.7 Å². The molecule has 2 rings (SSSR count). The van der Waals surface area contributed by atoms with E-state index in [-0.39, 0.29) is 0 Å². The first kappa shape index (κ1) is 10.2. The average Bonchev–Trinajstić information content (AvgIpc) is 2.67. The Hall–Kier alpha value is -0.320. The van der Waals surface area contributed by atoms with E-state index in [1.807, 2.05) is 6.07 Å². The van der Waals surface area contributed by atoms with E-state index in [2.05, 4.69) is 15.3 Å². The van der Waals surface area contributed by atoms with Crippen LogP contribution in [0.5, 0.6) is 0 Å². The molecule has 5 heteroatoms. The average molecular weight is 230 g/mol. The zero-order valence-electron chi connectivity index (χ0n) is 7.74. The van der Waals surface area contributed by atoms with Crippen LogP contribution < -0.4 is 5.32 Å². The third-order valence-corrected chi connectivity index (χ3v) is 3.60. The summed E-state index contributed by atoms with van der Waals surface area (Å²) in [5, 5.41) is 4.84. The van der Waals surface area contributed by atoms with Crippen LogP contribution in [-0.4, -0.2) is 28.8 Å². The zero-order valence-corrected chi connectivity index (χ0v) is 9.31. The molecule has 1 N–H and O–H groups in total. The summed E-state index contributed by atoms with van der Waals surface area (Å²) in [6.45, 7) is 2.28. The molecule has 0 radical (unpaired) electrons. The maximum Gasteiger partial charge on any atom is 0.133 e. The van der Waals surface area contributed by atoms with Crippen LogP contribution in [0.1, 0.15) is 6.42 Å². The van der Waals surface area contributed by atoms with Gasteiger partial charge in [-0.1, -0.05) is 11.6 Å². The fraction of sp³-hybridized carbons (Fsp3) is 0.556. The van der Waals surface area contributed by atoms with Gasteiger partial charge >= 0.3 is 0 Å². The fourth-order valence-electron chi connectivity index (χ4n) is 1.46. The molecule has 0 spiro atoms. The summed E-state index contributed by atoms with van der Waals surface area (Å²) in [5.74, 6) is 1.88. The van der Waals surface area contributed by atoms with Gasteiger partial charge in [0.1, 0.15) is 16.5 Å². The van der Waals surface area contributed by atoms with Gasteiger partial charge in [0.05, 0.1) is 0 Å². The molecule has 1 aromatic heterocycles. The molecule has 14 heavy (non-hydrogen) atoms. The van der Waals surface area contributed by atoms with Crippen LogP contribution in [0.15, 0.2) is 17.4 Å². The van der Waals surface area contributed by atoms with Crippen molar-refractivity contribution < 1.29 is 0 Å². The van der Waals surface area contributed by atoms with Gasteiger partial charge in [0, 0.05) is 11.8 Å². The molecule has 2 heterocycles. The first-order valence-electron chi connectivity index (χ1n) is 4.65. The number of rotatable bonds is 3. The van der Waals surface area contributed by atoms with Gasteiger partial charge in [-0.3, -0.25) is 0 Å². The maximum atomic E-state index is 5.76. The fourth-order valence-corrected chi connectivity index (χ4v) is 2.68. The summed E-state index contributed by atoms with van der Waals surface area (Å²) in [6.07, 6.45) is 2.78. The van der Waals surface area contributed by atoms with Gasteiger partial charge < -0.3 is 5.32 Å². The third-order valence-electron chi connectivity index (χ3n) is 2.24. The number of thioether (sulfide) groups is 1. The van der Waals surface area contributed by atoms with Crippen molar-refractivity contribution in [3.8, 4) is 0 Å². The predicted octanol–water partition coefficient (Wildman–Crippen LogP) is 1.83. The summed E-state index contributed by atoms with van der Waals surface area (Å²) < 4.78 is 0. The number of halogens is 1. The van der Waals surface area contributed by atoms with Crippen molar-refractivity contribution in [2.45, 2.75) is 11.4 Å². The van der Waals surface area contributed by atoms with Crippen LogP contribution in [0.2, 0.25) is 5.15 Å². The Morgan fingerprint density at radius 2 is 2.50 bits per heavy atom. The lowest BCUT2D eigenvalue weighted by Gasteiger charge is -2.06. The second-order valence-corrected chi connectivity index (χ2v) is 4.78. The van der Waals surface area contributed by atoms with Crippen LogP contribution in [0.3, 0.4) is 0 Å². The van der Waals surface area contributed by atoms with Crippen molar-refractivity contribution in [1.82, 2.24) is 15.3 Å². The monoisotopic (exact) mass is 229 g/mol. The molecule has 0 amide bonds. The second-order valence-electron chi connectivity index (χ2n) is 3.35. The Morgan fingerprint density at radius 3 is 3.21 bits per heavy atom. The second kappa shape index (κ2) is 4.96. The van der Waals surface area contributed by atoms with Crippen LogP contribution in [-0.2, 0) is 0 Å². The molecule has 0 saturated carbocycles. The van der Waals surface area contributed by atoms with Crippen LogP contribution in [0.25, 0.3) is 0 Å². The van der Waals surface area contributed by atoms with Crippen molar-refractivity contribution in [3.63, 3.8) is 0 Å². The highest BCUT2D eigenvalue weighted by molar-refractivity contribution is 7.99. The van der Waals surface area contributed by atoms with Crippen molar-refractivity contribution in [3.05, 3.63) is 17.5 Å². The lowest BCUT2D eigenvalue weighted by atomic mass is 10.2. The summed E-state index contributed by atoms with van der Waals surface area (Å²) in [7, 11) is 0. The lowest BCUT2D eigenvalue weighted by Crippen LogP contribution is -2.10. The van der Waals surface area contributed by atoms with Crippen LogP contribution in [0, 0.1) is 5.92 Å². The largest absolute Gasteiger partial charge is 0.316 e. The number of nitrogens with zero attached hydrogens (tertiary/aromatic N) is 2. The molecule has 76 valence electrons. The SMILES string of the molecule is Clc1cc(SC[C@@H]2CCNC2)ncn1. The topological polar surface area (TPSA) is 37.8 Å². The van der Waals surface area contributed by atoms with Gasteiger partial charge in [0.15, 0.2) is 0 Å². The van der Waals surface area contributed by atoms with E-state index < -0.39 is 0 Å². The summed E-state index contributed by atoms with van der Waals surface area (Å²) in [5.41, 5.74) is 0. The van der Waals surface area contributed by atoms with Gasteiger partial charge in [-0.25, -0.2) is 9.97 Å². The Labute approximate surface area is 92.7 Å². The van der Waals surface area contributed by atoms with Crippen molar-refractivity contribution in [2.75, 3.05) is 18.8 Å². The maximum absolute atomic E-state index is 5.76. The van der Waals surface area contributed by atoms with Gasteiger partial charge in [-0.15, -0.1) is 11.8 Å². The minimum absolute atomic E-state index is 0.520. The highest BCUT2D eigenvalue weighted by atomic mass is 35.5. The van der Waals surface area contributed by atoms with Crippen LogP contribution >= 0.6 is 23.4 Å². The summed E-state index contributed by atoms with van der Waals surface area (Å²) >= 11 is 7.52. The first-order valence-corrected chi connectivity index (χ1v) is 6.02. The first-order chi connectivity index (χ1) is 6.84. The summed E-state index contributed by atoms with van der Waals surface area (Å²) in [4.78, 5) is 8.00. The van der Waals surface area contributed by atoms with Gasteiger partial charge in [0.25, 0.3) is 0 Å². The molecule has 0 bridgehead atoms. The summed E-state index contributed by atoms with van der Waals surface area (Å²) in [6, 6.07) is 1.81. The van der Waals surface area contributed by atoms with Crippen molar-refractivity contribution in [1.29, 1.82) is 0 Å². The van der Waals surface area contributed by atoms with Gasteiger partial charge in [-0.2, -0.15) is 0 Å². The van der Waals surface area contributed by atoms with E-state index in [4.69, 9.17) is 11.6 Å². The highest BCUT2D eigenvalue weighted by Crippen LogP contribution is 2.22. The molecule has 1 saturated heterocycles. The van der Waals surface area contributed by atoms with E-state index in [9.17, 15) is 0 Å². The normalized spacial score (nSPS) is 21.4. The number of nitrogens with one attached hydrogen (secondary N) is 1. The minimum atomic E-state index is 0.520. The van der Waals surface area contributed by atoms with E-state index in [0.717, 1.165) is 29.8 Å². The number of hydrogen-bond donors (Lipinski definition) is 1. The Kier molecular flexibility index (Phi) is 3.61. The zero-order chi connectivity index (χ0) is 9.80. The Morgan fingerprint density at radius 1 is 1.57 bits per heavy atom. The Bertz CT molecular complexity index is 302. The molecule has 1 aliphatic heterocycles. The molecule has 0 unspecified atom stereocenters. The van der Waals surface area contributed by atoms with E-state index >= 15 is 0 Å². The van der Waals surface area contributed by atoms with Gasteiger partial charge in [-0.05, 0) is 25.4 Å². The molecule has 1 aliphatic rings. The standard InChI is InChI=1S/C9H12ClN3S/c10-8-3-9(13-6-12-8)14-5-7-1-2-11-4-7/h3,6-7,11H,1-2,4-5H2/t7-/m1/s1. The molecular weight excluding hydrogens is 218 g/mol. The molecule has 0 aliphatic carbocycles. The molecule has 1 atom stereocenters. The van der Waals surface area contributed by atoms with Crippen molar-refractivity contribution >= 4 is 23.4 Å². The quantitative estimate of drug-likeness (QED) is 0.634. The molecule has 1 fully saturated rings. The lowest BCUT2D eigenvalue weighted by molar-refractivity contribution is 0.662. The minimum Gasteiger partial charge on any atom is -0.316 e. The van der Waals surface area contributed by atoms with E-state index in [0.29, 0.717) is 5.15 Å². The molecule has 1 aromatic rings.